The zero-order valence-corrected chi connectivity index (χ0v) is 13.7. The van der Waals surface area contributed by atoms with Gasteiger partial charge in [-0.3, -0.25) is 0 Å². The Morgan fingerprint density at radius 1 is 1.04 bits per heavy atom. The van der Waals surface area contributed by atoms with Crippen molar-refractivity contribution in [3.8, 4) is 11.1 Å². The van der Waals surface area contributed by atoms with Crippen molar-refractivity contribution >= 4 is 5.97 Å². The number of furan rings is 1. The van der Waals surface area contributed by atoms with Gasteiger partial charge in [0.25, 0.3) is 0 Å². The van der Waals surface area contributed by atoms with E-state index in [1.54, 1.807) is 13.0 Å². The molecule has 4 heteroatoms. The van der Waals surface area contributed by atoms with Gasteiger partial charge >= 0.3 is 5.97 Å². The molecule has 1 unspecified atom stereocenters. The number of benzene rings is 2. The number of nitrogens with two attached hydrogens (primary N) is 1. The van der Waals surface area contributed by atoms with Crippen LogP contribution in [0.4, 0.5) is 0 Å². The van der Waals surface area contributed by atoms with Crippen molar-refractivity contribution in [2.45, 2.75) is 13.0 Å². The van der Waals surface area contributed by atoms with Gasteiger partial charge in [0.1, 0.15) is 5.76 Å². The predicted octanol–water partition coefficient (Wildman–Crippen LogP) is 4.09. The third kappa shape index (κ3) is 3.09. The number of methoxy groups -OCH3 is 1. The molecule has 0 amide bonds. The average Bonchev–Trinajstić information content (AvgIpc) is 3.03. The van der Waals surface area contributed by atoms with Gasteiger partial charge in [-0.15, -0.1) is 0 Å². The normalized spacial score (nSPS) is 12.0. The maximum absolute atomic E-state index is 11.6. The molecule has 0 bridgehead atoms. The zero-order valence-electron chi connectivity index (χ0n) is 13.7. The van der Waals surface area contributed by atoms with Crippen molar-refractivity contribution in [3.63, 3.8) is 0 Å². The summed E-state index contributed by atoms with van der Waals surface area (Å²) >= 11 is 0. The van der Waals surface area contributed by atoms with Crippen LogP contribution in [0, 0.1) is 6.92 Å². The third-order valence-electron chi connectivity index (χ3n) is 4.05. The molecule has 0 spiro atoms. The molecule has 3 rings (SSSR count). The van der Waals surface area contributed by atoms with E-state index in [0.29, 0.717) is 5.76 Å². The van der Waals surface area contributed by atoms with E-state index in [1.807, 2.05) is 42.5 Å². The molecule has 1 aromatic heterocycles. The van der Waals surface area contributed by atoms with Gasteiger partial charge in [-0.05, 0) is 29.7 Å². The van der Waals surface area contributed by atoms with Crippen molar-refractivity contribution in [2.75, 3.05) is 7.11 Å². The summed E-state index contributed by atoms with van der Waals surface area (Å²) < 4.78 is 10.1. The molecule has 2 aromatic carbocycles. The molecule has 24 heavy (non-hydrogen) atoms. The number of hydrogen-bond acceptors (Lipinski definition) is 4. The van der Waals surface area contributed by atoms with Crippen LogP contribution in [-0.2, 0) is 4.74 Å². The zero-order chi connectivity index (χ0) is 17.1. The monoisotopic (exact) mass is 321 g/mol. The molecule has 1 atom stereocenters. The van der Waals surface area contributed by atoms with Crippen LogP contribution < -0.4 is 5.73 Å². The maximum atomic E-state index is 11.6. The molecule has 0 saturated carbocycles. The van der Waals surface area contributed by atoms with Gasteiger partial charge in [0.05, 0.1) is 13.2 Å². The molecule has 0 saturated heterocycles. The molecule has 0 aliphatic rings. The standard InChI is InChI=1S/C20H19NO3/c1-13-17(12-18(24-13)20(22)23-2)19(21)16-10-8-15(9-11-16)14-6-4-3-5-7-14/h3-12,19H,21H2,1-2H3. The quantitative estimate of drug-likeness (QED) is 0.735. The SMILES string of the molecule is COC(=O)c1cc(C(N)c2ccc(-c3ccccc3)cc2)c(C)o1. The summed E-state index contributed by atoms with van der Waals surface area (Å²) in [6, 6.07) is 19.5. The molecule has 2 N–H and O–H groups in total. The van der Waals surface area contributed by atoms with Gasteiger partial charge in [-0.2, -0.15) is 0 Å². The van der Waals surface area contributed by atoms with E-state index < -0.39 is 5.97 Å². The lowest BCUT2D eigenvalue weighted by Crippen LogP contribution is -2.12. The van der Waals surface area contributed by atoms with E-state index in [-0.39, 0.29) is 11.8 Å². The highest BCUT2D eigenvalue weighted by molar-refractivity contribution is 5.86. The lowest BCUT2D eigenvalue weighted by Gasteiger charge is -2.12. The van der Waals surface area contributed by atoms with Crippen LogP contribution in [0.15, 0.2) is 65.1 Å². The minimum absolute atomic E-state index is 0.168. The van der Waals surface area contributed by atoms with Crippen molar-refractivity contribution in [1.82, 2.24) is 0 Å². The van der Waals surface area contributed by atoms with Crippen LogP contribution in [0.2, 0.25) is 0 Å². The summed E-state index contributed by atoms with van der Waals surface area (Å²) in [5.41, 5.74) is 10.4. The summed E-state index contributed by atoms with van der Waals surface area (Å²) in [4.78, 5) is 11.6. The first-order valence-electron chi connectivity index (χ1n) is 7.69. The smallest absolute Gasteiger partial charge is 0.373 e. The molecule has 0 aliphatic heterocycles. The summed E-state index contributed by atoms with van der Waals surface area (Å²) in [7, 11) is 1.32. The van der Waals surface area contributed by atoms with Crippen LogP contribution in [0.3, 0.4) is 0 Å². The molecular formula is C20H19NO3. The molecule has 4 nitrogen and oxygen atoms in total. The van der Waals surface area contributed by atoms with Crippen LogP contribution in [0.5, 0.6) is 0 Å². The molecular weight excluding hydrogens is 302 g/mol. The van der Waals surface area contributed by atoms with E-state index in [9.17, 15) is 4.79 Å². The summed E-state index contributed by atoms with van der Waals surface area (Å²) in [6.07, 6.45) is 0. The lowest BCUT2D eigenvalue weighted by molar-refractivity contribution is 0.0563. The van der Waals surface area contributed by atoms with E-state index >= 15 is 0 Å². The van der Waals surface area contributed by atoms with Gasteiger partial charge in [-0.25, -0.2) is 4.79 Å². The van der Waals surface area contributed by atoms with E-state index in [1.165, 1.54) is 7.11 Å². The third-order valence-corrected chi connectivity index (χ3v) is 4.05. The Morgan fingerprint density at radius 3 is 2.29 bits per heavy atom. The number of carbonyl (C=O) groups excluding carboxylic acids is 1. The second kappa shape index (κ2) is 6.72. The molecule has 0 radical (unpaired) electrons. The first-order chi connectivity index (χ1) is 11.6. The van der Waals surface area contributed by atoms with Gasteiger partial charge in [0, 0.05) is 5.56 Å². The Kier molecular flexibility index (Phi) is 4.49. The second-order valence-corrected chi connectivity index (χ2v) is 5.58. The van der Waals surface area contributed by atoms with Gasteiger partial charge in [0.15, 0.2) is 0 Å². The summed E-state index contributed by atoms with van der Waals surface area (Å²) in [6.45, 7) is 1.79. The topological polar surface area (TPSA) is 65.5 Å². The van der Waals surface area contributed by atoms with Crippen LogP contribution in [0.25, 0.3) is 11.1 Å². The predicted molar refractivity (Wildman–Crippen MR) is 92.7 cm³/mol. The van der Waals surface area contributed by atoms with Crippen molar-refractivity contribution < 1.29 is 13.9 Å². The first-order valence-corrected chi connectivity index (χ1v) is 7.69. The molecule has 122 valence electrons. The van der Waals surface area contributed by atoms with Gasteiger partial charge in [0.2, 0.25) is 5.76 Å². The number of esters is 1. The summed E-state index contributed by atoms with van der Waals surface area (Å²) in [5, 5.41) is 0. The highest BCUT2D eigenvalue weighted by Crippen LogP contribution is 2.28. The molecule has 0 fully saturated rings. The second-order valence-electron chi connectivity index (χ2n) is 5.58. The van der Waals surface area contributed by atoms with Crippen LogP contribution in [0.1, 0.15) is 33.5 Å². The number of aryl methyl sites for hydroxylation is 1. The molecule has 1 heterocycles. The minimum atomic E-state index is -0.504. The van der Waals surface area contributed by atoms with E-state index in [4.69, 9.17) is 10.2 Å². The Labute approximate surface area is 140 Å². The van der Waals surface area contributed by atoms with Crippen molar-refractivity contribution in [3.05, 3.63) is 83.3 Å². The summed E-state index contributed by atoms with van der Waals surface area (Å²) in [5.74, 6) is 0.285. The average molecular weight is 321 g/mol. The van der Waals surface area contributed by atoms with Crippen molar-refractivity contribution in [2.24, 2.45) is 5.73 Å². The Balaban J connectivity index is 1.87. The largest absolute Gasteiger partial charge is 0.463 e. The fourth-order valence-corrected chi connectivity index (χ4v) is 2.70. The van der Waals surface area contributed by atoms with E-state index in [0.717, 1.165) is 22.3 Å². The van der Waals surface area contributed by atoms with Gasteiger partial charge < -0.3 is 14.9 Å². The lowest BCUT2D eigenvalue weighted by atomic mass is 9.97. The van der Waals surface area contributed by atoms with Crippen molar-refractivity contribution in [1.29, 1.82) is 0 Å². The highest BCUT2D eigenvalue weighted by atomic mass is 16.5. The van der Waals surface area contributed by atoms with E-state index in [2.05, 4.69) is 16.9 Å². The minimum Gasteiger partial charge on any atom is -0.463 e. The number of carbonyl (C=O) groups is 1. The highest BCUT2D eigenvalue weighted by Gasteiger charge is 2.20. The number of ether oxygens (including phenoxy) is 1. The first kappa shape index (κ1) is 16.0. The number of rotatable bonds is 4. The Bertz CT molecular complexity index is 835. The van der Waals surface area contributed by atoms with Crippen LogP contribution in [-0.4, -0.2) is 13.1 Å². The Morgan fingerprint density at radius 2 is 1.67 bits per heavy atom. The fraction of sp³-hybridized carbons (Fsp3) is 0.150. The number of hydrogen-bond donors (Lipinski definition) is 1. The van der Waals surface area contributed by atoms with Crippen LogP contribution >= 0.6 is 0 Å². The van der Waals surface area contributed by atoms with Gasteiger partial charge in [-0.1, -0.05) is 54.6 Å². The molecule has 3 aromatic rings. The molecule has 0 aliphatic carbocycles. The maximum Gasteiger partial charge on any atom is 0.373 e. The fourth-order valence-electron chi connectivity index (χ4n) is 2.70. The Hall–Kier alpha value is -2.85.